The molecule has 0 unspecified atom stereocenters. The third-order valence-corrected chi connectivity index (χ3v) is 6.93. The lowest BCUT2D eigenvalue weighted by Crippen LogP contribution is -2.18. The van der Waals surface area contributed by atoms with E-state index in [2.05, 4.69) is 40.9 Å². The molecule has 0 aliphatic carbocycles. The number of benzene rings is 1. The third-order valence-electron chi connectivity index (χ3n) is 6.03. The quantitative estimate of drug-likeness (QED) is 0.192. The Kier molecular flexibility index (Phi) is 9.20. The van der Waals surface area contributed by atoms with Crippen molar-refractivity contribution in [3.63, 3.8) is 0 Å². The summed E-state index contributed by atoms with van der Waals surface area (Å²) in [5, 5.41) is 27.4. The normalized spacial score (nSPS) is 11.4. The van der Waals surface area contributed by atoms with Gasteiger partial charge in [-0.25, -0.2) is 4.52 Å². The summed E-state index contributed by atoms with van der Waals surface area (Å²) >= 11 is 1.33. The van der Waals surface area contributed by atoms with Crippen molar-refractivity contribution in [2.24, 2.45) is 0 Å². The van der Waals surface area contributed by atoms with Crippen LogP contribution in [0, 0.1) is 0 Å². The summed E-state index contributed by atoms with van der Waals surface area (Å²) in [6, 6.07) is 16.2. The van der Waals surface area contributed by atoms with Crippen LogP contribution in [-0.4, -0.2) is 48.2 Å². The summed E-state index contributed by atoms with van der Waals surface area (Å²) in [6.07, 6.45) is -0.0207. The van der Waals surface area contributed by atoms with E-state index >= 15 is 0 Å². The summed E-state index contributed by atoms with van der Waals surface area (Å²) < 4.78 is 42.8. The Morgan fingerprint density at radius 2 is 1.67 bits per heavy atom. The number of pyridine rings is 1. The van der Waals surface area contributed by atoms with Crippen LogP contribution < -0.4 is 15.4 Å². The van der Waals surface area contributed by atoms with Gasteiger partial charge in [-0.3, -0.25) is 9.59 Å². The lowest BCUT2D eigenvalue weighted by Gasteiger charge is -2.10. The Hall–Kier alpha value is -4.92. The number of aromatic nitrogens is 6. The first-order valence-corrected chi connectivity index (χ1v) is 14.0. The summed E-state index contributed by atoms with van der Waals surface area (Å²) in [6.45, 7) is 0. The number of carbonyl (C=O) groups is 2. The molecule has 0 bridgehead atoms. The van der Waals surface area contributed by atoms with Gasteiger partial charge < -0.3 is 15.4 Å². The van der Waals surface area contributed by atoms with E-state index in [9.17, 15) is 22.8 Å². The summed E-state index contributed by atoms with van der Waals surface area (Å²) in [4.78, 5) is 24.7. The molecule has 5 rings (SSSR count). The topological polar surface area (TPSA) is 136 Å². The van der Waals surface area contributed by atoms with Crippen molar-refractivity contribution in [1.29, 1.82) is 0 Å². The van der Waals surface area contributed by atoms with E-state index in [-0.39, 0.29) is 24.6 Å². The largest absolute Gasteiger partial charge is 0.573 e. The Bertz CT molecular complexity index is 1670. The zero-order chi connectivity index (χ0) is 30.2. The van der Waals surface area contributed by atoms with Crippen molar-refractivity contribution < 1.29 is 27.5 Å². The zero-order valence-corrected chi connectivity index (χ0v) is 23.4. The van der Waals surface area contributed by atoms with E-state index in [1.165, 1.54) is 23.5 Å². The van der Waals surface area contributed by atoms with Gasteiger partial charge in [0.1, 0.15) is 10.8 Å². The molecule has 0 fully saturated rings. The van der Waals surface area contributed by atoms with Crippen LogP contribution in [0.3, 0.4) is 0 Å². The second kappa shape index (κ2) is 13.4. The molecule has 43 heavy (non-hydrogen) atoms. The predicted molar refractivity (Wildman–Crippen MR) is 152 cm³/mol. The van der Waals surface area contributed by atoms with Crippen molar-refractivity contribution >= 4 is 39.6 Å². The fourth-order valence-corrected chi connectivity index (χ4v) is 4.98. The minimum atomic E-state index is -4.81. The highest BCUT2D eigenvalue weighted by Gasteiger charge is 2.31. The molecule has 0 atom stereocenters. The van der Waals surface area contributed by atoms with Crippen LogP contribution in [0.1, 0.15) is 34.8 Å². The van der Waals surface area contributed by atoms with E-state index in [0.29, 0.717) is 29.2 Å². The van der Waals surface area contributed by atoms with Crippen LogP contribution in [0.2, 0.25) is 0 Å². The maximum atomic E-state index is 12.4. The molecule has 4 aromatic heterocycles. The molecule has 2 amide bonds. The average Bonchev–Trinajstić information content (AvgIpc) is 3.57. The highest BCUT2D eigenvalue weighted by atomic mass is 32.1. The van der Waals surface area contributed by atoms with Crippen molar-refractivity contribution in [2.75, 3.05) is 10.6 Å². The van der Waals surface area contributed by atoms with Gasteiger partial charge in [-0.2, -0.15) is 10.2 Å². The second-order valence-corrected chi connectivity index (χ2v) is 10.5. The first-order chi connectivity index (χ1) is 20.7. The van der Waals surface area contributed by atoms with Gasteiger partial charge in [0.2, 0.25) is 16.9 Å². The molecule has 2 N–H and O–H groups in total. The number of nitrogens with zero attached hydrogens (tertiary/aromatic N) is 6. The highest BCUT2D eigenvalue weighted by molar-refractivity contribution is 7.15. The smallest absolute Gasteiger partial charge is 0.406 e. The lowest BCUT2D eigenvalue weighted by atomic mass is 10.1. The molecule has 1 aromatic carbocycles. The maximum absolute atomic E-state index is 12.4. The van der Waals surface area contributed by atoms with Gasteiger partial charge in [-0.1, -0.05) is 29.5 Å². The van der Waals surface area contributed by atoms with Crippen molar-refractivity contribution in [3.05, 3.63) is 88.8 Å². The molecule has 0 aliphatic heterocycles. The number of ether oxygens (including phenoxy) is 1. The molecule has 11 nitrogen and oxygen atoms in total. The number of carbonyl (C=O) groups excluding carboxylic acids is 2. The molecule has 0 radical (unpaired) electrons. The number of anilines is 2. The highest BCUT2D eigenvalue weighted by Crippen LogP contribution is 2.24. The molecule has 0 saturated carbocycles. The average molecular weight is 611 g/mol. The van der Waals surface area contributed by atoms with Gasteiger partial charge in [0.15, 0.2) is 5.82 Å². The molecular weight excluding hydrogens is 585 g/mol. The Morgan fingerprint density at radius 3 is 2.47 bits per heavy atom. The monoisotopic (exact) mass is 610 g/mol. The molecular formula is C28H25F3N8O3S. The number of hydrogen-bond donors (Lipinski definition) is 2. The molecule has 0 spiro atoms. The Balaban J connectivity index is 1.01. The van der Waals surface area contributed by atoms with E-state index in [1.807, 2.05) is 30.5 Å². The van der Waals surface area contributed by atoms with E-state index in [0.717, 1.165) is 41.2 Å². The van der Waals surface area contributed by atoms with Gasteiger partial charge in [-0.15, -0.1) is 28.5 Å². The number of nitrogens with one attached hydrogen (secondary N) is 2. The lowest BCUT2D eigenvalue weighted by molar-refractivity contribution is -0.274. The first kappa shape index (κ1) is 29.6. The first-order valence-electron chi connectivity index (χ1n) is 13.2. The van der Waals surface area contributed by atoms with Crippen molar-refractivity contribution in [2.45, 2.75) is 44.9 Å². The molecule has 15 heteroatoms. The molecule has 0 saturated heterocycles. The van der Waals surface area contributed by atoms with E-state index < -0.39 is 18.0 Å². The molecule has 0 aliphatic rings. The fourth-order valence-electron chi connectivity index (χ4n) is 4.18. The summed E-state index contributed by atoms with van der Waals surface area (Å²) in [5.74, 6) is -0.820. The summed E-state index contributed by atoms with van der Waals surface area (Å²) in [7, 11) is 0. The predicted octanol–water partition coefficient (Wildman–Crippen LogP) is 4.80. The molecule has 5 aromatic rings. The van der Waals surface area contributed by atoms with E-state index in [4.69, 9.17) is 0 Å². The number of rotatable bonds is 12. The van der Waals surface area contributed by atoms with Crippen LogP contribution in [0.5, 0.6) is 5.75 Å². The number of fused-ring (bicyclic) bond motifs is 1. The SMILES string of the molecule is O=C(Cc1cccc(OC(F)(F)F)c1)Nc1ccc(CCCCc2nnc(NC(=O)Cc3cc4ccccn4n3)s2)nn1. The van der Waals surface area contributed by atoms with Gasteiger partial charge in [0, 0.05) is 12.6 Å². The minimum absolute atomic E-state index is 0.134. The van der Waals surface area contributed by atoms with Crippen molar-refractivity contribution in [1.82, 2.24) is 30.0 Å². The van der Waals surface area contributed by atoms with Gasteiger partial charge in [-0.05, 0) is 67.3 Å². The maximum Gasteiger partial charge on any atom is 0.573 e. The van der Waals surface area contributed by atoms with Crippen LogP contribution in [-0.2, 0) is 35.3 Å². The fraction of sp³-hybridized carbons (Fsp3) is 0.250. The van der Waals surface area contributed by atoms with Gasteiger partial charge >= 0.3 is 6.36 Å². The van der Waals surface area contributed by atoms with Crippen LogP contribution in [0.15, 0.2) is 66.9 Å². The number of alkyl halides is 3. The Labute approximate surface area is 247 Å². The Morgan fingerprint density at radius 1 is 0.837 bits per heavy atom. The number of unbranched alkanes of at least 4 members (excludes halogenated alkanes) is 1. The number of halogens is 3. The van der Waals surface area contributed by atoms with Crippen LogP contribution in [0.25, 0.3) is 5.52 Å². The minimum Gasteiger partial charge on any atom is -0.406 e. The van der Waals surface area contributed by atoms with Gasteiger partial charge in [0.25, 0.3) is 0 Å². The molecule has 222 valence electrons. The number of aryl methyl sites for hydroxylation is 2. The zero-order valence-electron chi connectivity index (χ0n) is 22.5. The number of hydrogen-bond acceptors (Lipinski definition) is 9. The standard InChI is InChI=1S/C28H25F3N8O3S/c29-28(30,31)42-22-9-5-6-18(14-22)15-24(40)32-23-12-11-19(34-35-23)7-1-2-10-26-36-37-27(43-26)33-25(41)17-20-16-21-8-3-4-13-39(21)38-20/h3-6,8-9,11-14,16H,1-2,7,10,15,17H2,(H,32,35,40)(H,33,37,41). The number of amides is 2. The van der Waals surface area contributed by atoms with Crippen LogP contribution >= 0.6 is 11.3 Å². The van der Waals surface area contributed by atoms with Crippen molar-refractivity contribution in [3.8, 4) is 5.75 Å². The van der Waals surface area contributed by atoms with E-state index in [1.54, 1.807) is 16.6 Å². The summed E-state index contributed by atoms with van der Waals surface area (Å²) in [5.41, 5.74) is 2.68. The third kappa shape index (κ3) is 9.03. The van der Waals surface area contributed by atoms with Gasteiger partial charge in [0.05, 0.1) is 29.7 Å². The molecule has 4 heterocycles. The second-order valence-electron chi connectivity index (χ2n) is 9.47. The van der Waals surface area contributed by atoms with Crippen LogP contribution in [0.4, 0.5) is 24.1 Å².